The Morgan fingerprint density at radius 2 is 1.80 bits per heavy atom. The van der Waals surface area contributed by atoms with Crippen molar-refractivity contribution in [3.63, 3.8) is 0 Å². The Labute approximate surface area is 232 Å². The van der Waals surface area contributed by atoms with Crippen LogP contribution in [0.3, 0.4) is 0 Å². The predicted octanol–water partition coefficient (Wildman–Crippen LogP) is 2.62. The van der Waals surface area contributed by atoms with E-state index in [0.29, 0.717) is 23.7 Å². The maximum Gasteiger partial charge on any atom is 0.253 e. The summed E-state index contributed by atoms with van der Waals surface area (Å²) in [5.74, 6) is 2.22. The molecule has 4 aromatic rings. The number of tetrazole rings is 1. The van der Waals surface area contributed by atoms with Gasteiger partial charge in [0.05, 0.1) is 32.4 Å². The van der Waals surface area contributed by atoms with Crippen LogP contribution in [0.1, 0.15) is 35.8 Å². The topological polar surface area (TPSA) is 111 Å². The number of nitrogens with one attached hydrogen (secondary N) is 1. The summed E-state index contributed by atoms with van der Waals surface area (Å²) in [5.41, 5.74) is 2.45. The van der Waals surface area contributed by atoms with Crippen molar-refractivity contribution >= 4 is 10.9 Å². The highest BCUT2D eigenvalue weighted by atomic mass is 16.5. The van der Waals surface area contributed by atoms with Crippen molar-refractivity contribution in [3.8, 4) is 11.5 Å². The van der Waals surface area contributed by atoms with E-state index >= 15 is 0 Å². The highest BCUT2D eigenvalue weighted by molar-refractivity contribution is 5.80. The summed E-state index contributed by atoms with van der Waals surface area (Å²) in [7, 11) is 3.30. The molecule has 0 aliphatic carbocycles. The van der Waals surface area contributed by atoms with Crippen molar-refractivity contribution in [1.29, 1.82) is 0 Å². The first-order valence-electron chi connectivity index (χ1n) is 13.8. The zero-order valence-electron chi connectivity index (χ0n) is 23.0. The van der Waals surface area contributed by atoms with E-state index in [9.17, 15) is 4.79 Å². The largest absolute Gasteiger partial charge is 0.497 e. The van der Waals surface area contributed by atoms with Crippen LogP contribution in [-0.2, 0) is 17.8 Å². The highest BCUT2D eigenvalue weighted by Gasteiger charge is 2.33. The van der Waals surface area contributed by atoms with E-state index in [1.807, 2.05) is 41.1 Å². The smallest absolute Gasteiger partial charge is 0.253 e. The van der Waals surface area contributed by atoms with E-state index in [1.54, 1.807) is 14.2 Å². The number of H-pyrrole nitrogens is 1. The summed E-state index contributed by atoms with van der Waals surface area (Å²) in [6.45, 7) is 5.45. The molecule has 0 amide bonds. The number of ether oxygens (including phenoxy) is 3. The average molecular weight is 546 g/mol. The van der Waals surface area contributed by atoms with Crippen LogP contribution in [0.5, 0.6) is 11.5 Å². The molecule has 2 fully saturated rings. The Balaban J connectivity index is 1.29. The third-order valence-corrected chi connectivity index (χ3v) is 7.92. The van der Waals surface area contributed by atoms with Gasteiger partial charge in [0.15, 0.2) is 5.82 Å². The van der Waals surface area contributed by atoms with Crippen LogP contribution in [-0.4, -0.2) is 88.1 Å². The minimum absolute atomic E-state index is 0.0756. The molecule has 4 heterocycles. The lowest BCUT2D eigenvalue weighted by atomic mass is 10.0. The number of hydrogen-bond acceptors (Lipinski definition) is 9. The fourth-order valence-corrected chi connectivity index (χ4v) is 5.71. The van der Waals surface area contributed by atoms with Crippen LogP contribution >= 0.6 is 0 Å². The first kappa shape index (κ1) is 26.4. The number of methoxy groups -OCH3 is 2. The van der Waals surface area contributed by atoms with Crippen molar-refractivity contribution in [1.82, 2.24) is 35.0 Å². The number of pyridine rings is 1. The quantitative estimate of drug-likeness (QED) is 0.339. The van der Waals surface area contributed by atoms with E-state index in [2.05, 4.69) is 42.4 Å². The predicted molar refractivity (Wildman–Crippen MR) is 150 cm³/mol. The molecular weight excluding hydrogens is 510 g/mol. The monoisotopic (exact) mass is 545 g/mol. The van der Waals surface area contributed by atoms with Crippen molar-refractivity contribution in [3.05, 3.63) is 75.8 Å². The lowest BCUT2D eigenvalue weighted by Crippen LogP contribution is -2.48. The molecule has 0 unspecified atom stereocenters. The van der Waals surface area contributed by atoms with E-state index in [4.69, 9.17) is 14.2 Å². The maximum atomic E-state index is 13.6. The minimum atomic E-state index is -0.394. The van der Waals surface area contributed by atoms with E-state index in [1.165, 1.54) is 5.56 Å². The summed E-state index contributed by atoms with van der Waals surface area (Å²) in [5, 5.41) is 13.8. The van der Waals surface area contributed by atoms with Crippen LogP contribution in [0.2, 0.25) is 0 Å². The summed E-state index contributed by atoms with van der Waals surface area (Å²) < 4.78 is 18.3. The second kappa shape index (κ2) is 11.7. The first-order chi connectivity index (χ1) is 19.6. The molecular formula is C29H35N7O4. The highest BCUT2D eigenvalue weighted by Crippen LogP contribution is 2.29. The number of nitrogens with zero attached hydrogens (tertiary/aromatic N) is 6. The third kappa shape index (κ3) is 5.58. The normalized spacial score (nSPS) is 19.2. The number of aromatic amines is 1. The molecule has 2 atom stereocenters. The Kier molecular flexibility index (Phi) is 7.76. The van der Waals surface area contributed by atoms with Crippen molar-refractivity contribution < 1.29 is 14.2 Å². The molecule has 1 N–H and O–H groups in total. The van der Waals surface area contributed by atoms with Gasteiger partial charge >= 0.3 is 0 Å². The molecule has 6 rings (SSSR count). The number of fused-ring (bicyclic) bond motifs is 1. The standard InChI is InChI=1S/C29H35N7O4/c1-38-22-8-5-20(6-9-22)18-34-11-13-35(14-12-34)27(28-31-32-33-36(28)19-24-4-3-15-40-24)25-16-21-7-10-23(39-2)17-26(21)30-29(25)37/h5-10,16-17,24,27H,3-4,11-15,18-19H2,1-2H3,(H,30,37)/t24-,27-/m0/s1. The zero-order chi connectivity index (χ0) is 27.5. The van der Waals surface area contributed by atoms with Crippen LogP contribution < -0.4 is 15.0 Å². The molecule has 0 spiro atoms. The van der Waals surface area contributed by atoms with Gasteiger partial charge in [-0.05, 0) is 64.5 Å². The van der Waals surface area contributed by atoms with Crippen molar-refractivity contribution in [2.24, 2.45) is 0 Å². The number of hydrogen-bond donors (Lipinski definition) is 1. The van der Waals surface area contributed by atoms with Crippen molar-refractivity contribution in [2.45, 2.75) is 38.1 Å². The van der Waals surface area contributed by atoms with Gasteiger partial charge in [-0.3, -0.25) is 14.6 Å². The van der Waals surface area contributed by atoms with Gasteiger partial charge < -0.3 is 19.2 Å². The summed E-state index contributed by atoms with van der Waals surface area (Å²) in [6, 6.07) is 15.5. The molecule has 0 saturated carbocycles. The second-order valence-corrected chi connectivity index (χ2v) is 10.4. The second-order valence-electron chi connectivity index (χ2n) is 10.4. The Hall–Kier alpha value is -3.80. The van der Waals surface area contributed by atoms with Gasteiger partial charge in [0.2, 0.25) is 0 Å². The number of aromatic nitrogens is 5. The Bertz CT molecular complexity index is 1490. The molecule has 0 bridgehead atoms. The van der Waals surface area contributed by atoms with Gasteiger partial charge in [-0.25, -0.2) is 4.68 Å². The van der Waals surface area contributed by atoms with E-state index in [0.717, 1.165) is 68.8 Å². The van der Waals surface area contributed by atoms with Gasteiger partial charge in [0, 0.05) is 51.0 Å². The number of rotatable bonds is 9. The zero-order valence-corrected chi connectivity index (χ0v) is 23.0. The van der Waals surface area contributed by atoms with Gasteiger partial charge in [-0.15, -0.1) is 5.10 Å². The number of piperazine rings is 1. The lowest BCUT2D eigenvalue weighted by molar-refractivity contribution is 0.0840. The van der Waals surface area contributed by atoms with Crippen LogP contribution in [0.25, 0.3) is 10.9 Å². The minimum Gasteiger partial charge on any atom is -0.497 e. The number of benzene rings is 2. The maximum absolute atomic E-state index is 13.6. The molecule has 0 radical (unpaired) electrons. The summed E-state index contributed by atoms with van der Waals surface area (Å²) in [6.07, 6.45) is 2.09. The van der Waals surface area contributed by atoms with E-state index < -0.39 is 6.04 Å². The van der Waals surface area contributed by atoms with Gasteiger partial charge in [-0.1, -0.05) is 12.1 Å². The molecule has 210 valence electrons. The van der Waals surface area contributed by atoms with Crippen LogP contribution in [0.15, 0.2) is 53.3 Å². The van der Waals surface area contributed by atoms with Gasteiger partial charge in [-0.2, -0.15) is 0 Å². The molecule has 2 aromatic carbocycles. The Morgan fingerprint density at radius 3 is 2.52 bits per heavy atom. The molecule has 11 nitrogen and oxygen atoms in total. The summed E-state index contributed by atoms with van der Waals surface area (Å²) >= 11 is 0. The fraction of sp³-hybridized carbons (Fsp3) is 0.448. The van der Waals surface area contributed by atoms with Crippen molar-refractivity contribution in [2.75, 3.05) is 47.0 Å². The molecule has 11 heteroatoms. The summed E-state index contributed by atoms with van der Waals surface area (Å²) in [4.78, 5) is 21.4. The molecule has 2 saturated heterocycles. The average Bonchev–Trinajstić information content (AvgIpc) is 3.67. The first-order valence-corrected chi connectivity index (χ1v) is 13.8. The molecule has 2 aromatic heterocycles. The lowest BCUT2D eigenvalue weighted by Gasteiger charge is -2.38. The fourth-order valence-electron chi connectivity index (χ4n) is 5.71. The van der Waals surface area contributed by atoms with Gasteiger partial charge in [0.1, 0.15) is 17.5 Å². The van der Waals surface area contributed by atoms with Crippen LogP contribution in [0, 0.1) is 0 Å². The van der Waals surface area contributed by atoms with Crippen LogP contribution in [0.4, 0.5) is 0 Å². The molecule has 2 aliphatic rings. The van der Waals surface area contributed by atoms with Gasteiger partial charge in [0.25, 0.3) is 5.56 Å². The Morgan fingerprint density at radius 1 is 1.02 bits per heavy atom. The SMILES string of the molecule is COc1ccc(CN2CCN([C@@H](c3cc4ccc(OC)cc4[nH]c3=O)c3nnnn3C[C@@H]3CCCO3)CC2)cc1. The molecule has 2 aliphatic heterocycles. The molecule has 40 heavy (non-hydrogen) atoms. The van der Waals surface area contributed by atoms with E-state index in [-0.39, 0.29) is 11.7 Å². The third-order valence-electron chi connectivity index (χ3n) is 7.92.